The maximum atomic E-state index is 14.4. The van der Waals surface area contributed by atoms with Crippen molar-refractivity contribution in [3.8, 4) is 0 Å². The number of rotatable bonds is 10. The lowest BCUT2D eigenvalue weighted by Crippen LogP contribution is -2.51. The van der Waals surface area contributed by atoms with Gasteiger partial charge in [-0.3, -0.25) is 13.9 Å². The van der Waals surface area contributed by atoms with Crippen molar-refractivity contribution in [3.63, 3.8) is 0 Å². The van der Waals surface area contributed by atoms with Gasteiger partial charge in [-0.25, -0.2) is 12.8 Å². The van der Waals surface area contributed by atoms with Gasteiger partial charge in [-0.1, -0.05) is 54.0 Å². The third kappa shape index (κ3) is 7.82. The Bertz CT molecular complexity index is 1080. The number of anilines is 1. The maximum absolute atomic E-state index is 14.4. The molecule has 0 heterocycles. The van der Waals surface area contributed by atoms with E-state index in [-0.39, 0.29) is 24.1 Å². The minimum Gasteiger partial charge on any atom is -0.354 e. The lowest BCUT2D eigenvalue weighted by molar-refractivity contribution is -0.139. The summed E-state index contributed by atoms with van der Waals surface area (Å²) in [5.74, 6) is -1.53. The van der Waals surface area contributed by atoms with E-state index >= 15 is 0 Å². The molecule has 10 heteroatoms. The van der Waals surface area contributed by atoms with Crippen LogP contribution in [0.3, 0.4) is 0 Å². The van der Waals surface area contributed by atoms with Crippen LogP contribution in [0.4, 0.5) is 10.1 Å². The van der Waals surface area contributed by atoms with Crippen molar-refractivity contribution in [1.82, 2.24) is 10.2 Å². The highest BCUT2D eigenvalue weighted by atomic mass is 79.9. The minimum atomic E-state index is -3.98. The third-order valence-electron chi connectivity index (χ3n) is 4.92. The van der Waals surface area contributed by atoms with Crippen molar-refractivity contribution in [1.29, 1.82) is 0 Å². The molecule has 0 fully saturated rings. The fourth-order valence-corrected chi connectivity index (χ4v) is 4.18. The Morgan fingerprint density at radius 2 is 1.67 bits per heavy atom. The van der Waals surface area contributed by atoms with Gasteiger partial charge in [-0.2, -0.15) is 0 Å². The van der Waals surface area contributed by atoms with Crippen LogP contribution in [0, 0.1) is 11.7 Å². The van der Waals surface area contributed by atoms with Crippen molar-refractivity contribution < 1.29 is 22.4 Å². The second-order valence-electron chi connectivity index (χ2n) is 8.18. The van der Waals surface area contributed by atoms with Gasteiger partial charge in [0, 0.05) is 17.6 Å². The fraction of sp³-hybridized carbons (Fsp3) is 0.391. The molecule has 7 nitrogen and oxygen atoms in total. The fourth-order valence-electron chi connectivity index (χ4n) is 3.07. The molecule has 1 N–H and O–H groups in total. The van der Waals surface area contributed by atoms with Crippen LogP contribution < -0.4 is 9.62 Å². The largest absolute Gasteiger partial charge is 0.354 e. The second-order valence-corrected chi connectivity index (χ2v) is 11.0. The van der Waals surface area contributed by atoms with Crippen LogP contribution in [-0.2, 0) is 26.2 Å². The first kappa shape index (κ1) is 26.8. The quantitative estimate of drug-likeness (QED) is 0.498. The van der Waals surface area contributed by atoms with E-state index in [4.69, 9.17) is 0 Å². The molecule has 0 aliphatic heterocycles. The monoisotopic (exact) mass is 541 g/mol. The van der Waals surface area contributed by atoms with Gasteiger partial charge in [0.05, 0.1) is 11.9 Å². The highest BCUT2D eigenvalue weighted by Crippen LogP contribution is 2.22. The molecule has 0 aromatic heterocycles. The van der Waals surface area contributed by atoms with Gasteiger partial charge in [0.1, 0.15) is 18.4 Å². The Hall–Kier alpha value is -2.46. The Morgan fingerprint density at radius 3 is 2.21 bits per heavy atom. The van der Waals surface area contributed by atoms with Gasteiger partial charge in [-0.15, -0.1) is 0 Å². The lowest BCUT2D eigenvalue weighted by atomic mass is 10.1. The van der Waals surface area contributed by atoms with Crippen LogP contribution in [0.5, 0.6) is 0 Å². The second kappa shape index (κ2) is 11.6. The molecule has 0 unspecified atom stereocenters. The Kier molecular flexibility index (Phi) is 9.42. The van der Waals surface area contributed by atoms with E-state index in [1.165, 1.54) is 23.1 Å². The molecule has 2 amide bonds. The number of para-hydroxylation sites is 1. The number of carbonyl (C=O) groups excluding carboxylic acids is 2. The Morgan fingerprint density at radius 1 is 1.06 bits per heavy atom. The van der Waals surface area contributed by atoms with Crippen LogP contribution in [-0.4, -0.2) is 50.5 Å². The summed E-state index contributed by atoms with van der Waals surface area (Å²) in [6.45, 7) is 5.37. The number of halogens is 2. The molecule has 1 atom stereocenters. The summed E-state index contributed by atoms with van der Waals surface area (Å²) in [4.78, 5) is 27.4. The zero-order valence-corrected chi connectivity index (χ0v) is 21.5. The smallest absolute Gasteiger partial charge is 0.244 e. The normalized spacial score (nSPS) is 12.3. The molecule has 33 heavy (non-hydrogen) atoms. The van der Waals surface area contributed by atoms with Crippen LogP contribution in [0.15, 0.2) is 53.0 Å². The van der Waals surface area contributed by atoms with Crippen LogP contribution in [0.2, 0.25) is 0 Å². The molecule has 0 aliphatic rings. The molecule has 0 saturated carbocycles. The Balaban J connectivity index is 2.36. The standard InChI is InChI=1S/C23H29BrFN3O4S/c1-16(2)13-26-23(30)17(3)27(14-18-9-11-19(24)12-10-18)22(29)15-28(33(4,31)32)21-8-6-5-7-20(21)25/h5-12,16-17H,13-15H2,1-4H3,(H,26,30)/t17-/m1/s1. The summed E-state index contributed by atoms with van der Waals surface area (Å²) in [5.41, 5.74) is 0.528. The van der Waals surface area contributed by atoms with Gasteiger partial charge < -0.3 is 10.2 Å². The van der Waals surface area contributed by atoms with Crippen LogP contribution in [0.1, 0.15) is 26.3 Å². The summed E-state index contributed by atoms with van der Waals surface area (Å²) >= 11 is 3.36. The molecular weight excluding hydrogens is 513 g/mol. The van der Waals surface area contributed by atoms with Crippen molar-refractivity contribution in [2.24, 2.45) is 5.92 Å². The average Bonchev–Trinajstić information content (AvgIpc) is 2.74. The third-order valence-corrected chi connectivity index (χ3v) is 6.57. The van der Waals surface area contributed by atoms with Gasteiger partial charge in [0.15, 0.2) is 0 Å². The zero-order valence-electron chi connectivity index (χ0n) is 19.1. The SMILES string of the molecule is CC(C)CNC(=O)[C@@H](C)N(Cc1ccc(Br)cc1)C(=O)CN(c1ccccc1F)S(C)(=O)=O. The molecule has 2 aromatic carbocycles. The van der Waals surface area contributed by atoms with E-state index in [0.717, 1.165) is 26.7 Å². The number of nitrogens with zero attached hydrogens (tertiary/aromatic N) is 2. The number of nitrogens with one attached hydrogen (secondary N) is 1. The number of hydrogen-bond donors (Lipinski definition) is 1. The van der Waals surface area contributed by atoms with Crippen molar-refractivity contribution in [3.05, 3.63) is 64.4 Å². The lowest BCUT2D eigenvalue weighted by Gasteiger charge is -2.31. The summed E-state index contributed by atoms with van der Waals surface area (Å²) in [5, 5.41) is 2.80. The maximum Gasteiger partial charge on any atom is 0.244 e. The van der Waals surface area contributed by atoms with Gasteiger partial charge >= 0.3 is 0 Å². The molecule has 0 saturated heterocycles. The van der Waals surface area contributed by atoms with E-state index in [9.17, 15) is 22.4 Å². The van der Waals surface area contributed by atoms with Crippen LogP contribution >= 0.6 is 15.9 Å². The zero-order chi connectivity index (χ0) is 24.8. The molecule has 2 rings (SSSR count). The van der Waals surface area contributed by atoms with E-state index in [2.05, 4.69) is 21.2 Å². The highest BCUT2D eigenvalue weighted by Gasteiger charge is 2.30. The van der Waals surface area contributed by atoms with E-state index < -0.39 is 34.3 Å². The predicted octanol–water partition coefficient (Wildman–Crippen LogP) is 3.54. The summed E-state index contributed by atoms with van der Waals surface area (Å²) in [6, 6.07) is 11.7. The van der Waals surface area contributed by atoms with Crippen molar-refractivity contribution >= 4 is 43.5 Å². The number of sulfonamides is 1. The summed E-state index contributed by atoms with van der Waals surface area (Å²) < 4.78 is 40.8. The molecule has 0 radical (unpaired) electrons. The molecular formula is C23H29BrFN3O4S. The number of benzene rings is 2. The van der Waals surface area contributed by atoms with Crippen molar-refractivity contribution in [2.75, 3.05) is 23.7 Å². The van der Waals surface area contributed by atoms with Crippen molar-refractivity contribution in [2.45, 2.75) is 33.4 Å². The first-order valence-electron chi connectivity index (χ1n) is 10.4. The van der Waals surface area contributed by atoms with E-state index in [1.54, 1.807) is 19.1 Å². The number of amides is 2. The topological polar surface area (TPSA) is 86.8 Å². The highest BCUT2D eigenvalue weighted by molar-refractivity contribution is 9.10. The van der Waals surface area contributed by atoms with Gasteiger partial charge in [-0.05, 0) is 42.7 Å². The molecule has 2 aromatic rings. The van der Waals surface area contributed by atoms with E-state index in [0.29, 0.717) is 6.54 Å². The summed E-state index contributed by atoms with van der Waals surface area (Å²) in [7, 11) is -3.98. The molecule has 0 aliphatic carbocycles. The molecule has 0 bridgehead atoms. The average molecular weight is 542 g/mol. The number of hydrogen-bond acceptors (Lipinski definition) is 4. The van der Waals surface area contributed by atoms with Crippen LogP contribution in [0.25, 0.3) is 0 Å². The molecule has 180 valence electrons. The molecule has 0 spiro atoms. The summed E-state index contributed by atoms with van der Waals surface area (Å²) in [6.07, 6.45) is 0.907. The first-order valence-corrected chi connectivity index (χ1v) is 13.1. The van der Waals surface area contributed by atoms with Gasteiger partial charge in [0.25, 0.3) is 0 Å². The number of carbonyl (C=O) groups is 2. The predicted molar refractivity (Wildman–Crippen MR) is 131 cm³/mol. The minimum absolute atomic E-state index is 0.0806. The van der Waals surface area contributed by atoms with Gasteiger partial charge in [0.2, 0.25) is 21.8 Å². The Labute approximate surface area is 203 Å². The first-order chi connectivity index (χ1) is 15.4. The van der Waals surface area contributed by atoms with E-state index in [1.807, 2.05) is 26.0 Å².